The van der Waals surface area contributed by atoms with Crippen LogP contribution in [-0.2, 0) is 19.4 Å². The summed E-state index contributed by atoms with van der Waals surface area (Å²) in [5.74, 6) is -0.984. The van der Waals surface area contributed by atoms with Gasteiger partial charge < -0.3 is 14.1 Å². The number of aromatic nitrogens is 1. The van der Waals surface area contributed by atoms with Gasteiger partial charge in [0.05, 0.1) is 29.1 Å². The number of rotatable bonds is 6. The van der Waals surface area contributed by atoms with Crippen LogP contribution >= 0.6 is 0 Å². The van der Waals surface area contributed by atoms with Gasteiger partial charge in [-0.1, -0.05) is 36.4 Å². The van der Waals surface area contributed by atoms with Gasteiger partial charge in [0, 0.05) is 16.5 Å². The van der Waals surface area contributed by atoms with E-state index >= 15 is 0 Å². The zero-order valence-electron chi connectivity index (χ0n) is 18.4. The molecule has 9 heteroatoms. The number of sulfone groups is 1. The number of nitrogens with zero attached hydrogens (tertiary/aromatic N) is 2. The second-order valence-corrected chi connectivity index (χ2v) is 9.88. The number of ether oxygens (including phenoxy) is 1. The summed E-state index contributed by atoms with van der Waals surface area (Å²) in [7, 11) is -3.40. The SMILES string of the molecule is O=C(OCC(=O)N(c1ccccc1)C1C=CS(=O)(=O)C1)c1cc(-c2ccco2)nc2ccccc12. The molecule has 0 spiro atoms. The molecule has 0 saturated carbocycles. The van der Waals surface area contributed by atoms with Crippen LogP contribution in [0.5, 0.6) is 0 Å². The van der Waals surface area contributed by atoms with Crippen LogP contribution in [0.4, 0.5) is 5.69 Å². The van der Waals surface area contributed by atoms with Crippen molar-refractivity contribution in [2.75, 3.05) is 17.3 Å². The van der Waals surface area contributed by atoms with Crippen molar-refractivity contribution in [3.63, 3.8) is 0 Å². The number of esters is 1. The van der Waals surface area contributed by atoms with E-state index < -0.39 is 34.4 Å². The molecule has 0 saturated heterocycles. The molecule has 0 N–H and O–H groups in total. The Labute approximate surface area is 201 Å². The molecular weight excluding hydrogens is 468 g/mol. The maximum Gasteiger partial charge on any atom is 0.339 e. The molecule has 1 atom stereocenters. The van der Waals surface area contributed by atoms with Crippen LogP contribution < -0.4 is 4.90 Å². The van der Waals surface area contributed by atoms with Crippen molar-refractivity contribution in [1.82, 2.24) is 4.98 Å². The molecule has 1 amide bonds. The van der Waals surface area contributed by atoms with E-state index in [0.29, 0.717) is 28.0 Å². The minimum atomic E-state index is -3.40. The molecule has 1 unspecified atom stereocenters. The van der Waals surface area contributed by atoms with Crippen molar-refractivity contribution in [2.24, 2.45) is 0 Å². The first-order valence-electron chi connectivity index (χ1n) is 10.8. The Morgan fingerprint density at radius 2 is 1.80 bits per heavy atom. The molecule has 5 rings (SSSR count). The first-order chi connectivity index (χ1) is 16.9. The lowest BCUT2D eigenvalue weighted by molar-refractivity contribution is -0.121. The second-order valence-electron chi connectivity index (χ2n) is 7.95. The van der Waals surface area contributed by atoms with Crippen LogP contribution in [0.25, 0.3) is 22.4 Å². The third-order valence-corrected chi connectivity index (χ3v) is 6.96. The number of para-hydroxylation sites is 2. The molecule has 3 heterocycles. The molecule has 0 aliphatic carbocycles. The number of carbonyl (C=O) groups is 2. The molecule has 1 aliphatic heterocycles. The molecule has 0 fully saturated rings. The Hall–Kier alpha value is -4.24. The number of pyridine rings is 1. The lowest BCUT2D eigenvalue weighted by Crippen LogP contribution is -2.43. The van der Waals surface area contributed by atoms with Crippen molar-refractivity contribution in [3.05, 3.63) is 96.1 Å². The number of hydrogen-bond donors (Lipinski definition) is 0. The summed E-state index contributed by atoms with van der Waals surface area (Å²) in [6.45, 7) is -0.565. The fraction of sp³-hybridized carbons (Fsp3) is 0.115. The number of furan rings is 1. The zero-order valence-corrected chi connectivity index (χ0v) is 19.2. The average Bonchev–Trinajstić information content (AvgIpc) is 3.52. The van der Waals surface area contributed by atoms with Gasteiger partial charge in [0.1, 0.15) is 5.69 Å². The molecule has 176 valence electrons. The number of benzene rings is 2. The first kappa shape index (κ1) is 22.5. The normalized spacial score (nSPS) is 16.3. The molecule has 1 aliphatic rings. The van der Waals surface area contributed by atoms with E-state index in [4.69, 9.17) is 9.15 Å². The maximum atomic E-state index is 13.2. The predicted molar refractivity (Wildman–Crippen MR) is 130 cm³/mol. The largest absolute Gasteiger partial charge is 0.463 e. The van der Waals surface area contributed by atoms with Crippen LogP contribution in [0, 0.1) is 0 Å². The van der Waals surface area contributed by atoms with Gasteiger partial charge in [-0.15, -0.1) is 0 Å². The maximum absolute atomic E-state index is 13.2. The highest BCUT2D eigenvalue weighted by Crippen LogP contribution is 2.26. The Kier molecular flexibility index (Phi) is 5.92. The molecule has 4 aromatic rings. The fourth-order valence-electron chi connectivity index (χ4n) is 4.00. The number of fused-ring (bicyclic) bond motifs is 1. The van der Waals surface area contributed by atoms with E-state index in [1.165, 1.54) is 17.2 Å². The highest BCUT2D eigenvalue weighted by atomic mass is 32.2. The Bertz CT molecular complexity index is 1530. The number of amides is 1. The van der Waals surface area contributed by atoms with Gasteiger partial charge in [-0.2, -0.15) is 0 Å². The van der Waals surface area contributed by atoms with E-state index in [2.05, 4.69) is 4.98 Å². The summed E-state index contributed by atoms with van der Waals surface area (Å²) in [4.78, 5) is 32.2. The van der Waals surface area contributed by atoms with Gasteiger partial charge in [-0.3, -0.25) is 4.79 Å². The van der Waals surface area contributed by atoms with Crippen molar-refractivity contribution in [1.29, 1.82) is 0 Å². The van der Waals surface area contributed by atoms with E-state index in [9.17, 15) is 18.0 Å². The van der Waals surface area contributed by atoms with Crippen LogP contribution in [0.2, 0.25) is 0 Å². The Balaban J connectivity index is 1.41. The third kappa shape index (κ3) is 4.71. The van der Waals surface area contributed by atoms with Gasteiger partial charge in [-0.25, -0.2) is 18.2 Å². The quantitative estimate of drug-likeness (QED) is 0.378. The molecule has 35 heavy (non-hydrogen) atoms. The summed E-state index contributed by atoms with van der Waals surface area (Å²) in [6.07, 6.45) is 2.98. The van der Waals surface area contributed by atoms with Crippen LogP contribution in [-0.4, -0.2) is 43.7 Å². The van der Waals surface area contributed by atoms with Crippen LogP contribution in [0.15, 0.2) is 95.0 Å². The van der Waals surface area contributed by atoms with Crippen molar-refractivity contribution >= 4 is 38.3 Å². The molecule has 0 bridgehead atoms. The zero-order chi connectivity index (χ0) is 24.4. The summed E-state index contributed by atoms with van der Waals surface area (Å²) in [5.41, 5.74) is 1.78. The molecule has 2 aromatic carbocycles. The smallest absolute Gasteiger partial charge is 0.339 e. The minimum Gasteiger partial charge on any atom is -0.463 e. The van der Waals surface area contributed by atoms with Gasteiger partial charge in [0.15, 0.2) is 22.2 Å². The highest BCUT2D eigenvalue weighted by molar-refractivity contribution is 7.94. The topological polar surface area (TPSA) is 107 Å². The average molecular weight is 489 g/mol. The van der Waals surface area contributed by atoms with E-state index in [-0.39, 0.29) is 11.3 Å². The van der Waals surface area contributed by atoms with Crippen molar-refractivity contribution < 1.29 is 27.2 Å². The summed E-state index contributed by atoms with van der Waals surface area (Å²) in [5, 5.41) is 1.68. The van der Waals surface area contributed by atoms with Gasteiger partial charge in [0.25, 0.3) is 5.91 Å². The van der Waals surface area contributed by atoms with Gasteiger partial charge >= 0.3 is 5.97 Å². The Morgan fingerprint density at radius 3 is 2.51 bits per heavy atom. The number of carbonyl (C=O) groups excluding carboxylic acids is 2. The summed E-state index contributed by atoms with van der Waals surface area (Å²) < 4.78 is 34.8. The first-order valence-corrected chi connectivity index (χ1v) is 12.5. The van der Waals surface area contributed by atoms with E-state index in [1.807, 2.05) is 0 Å². The predicted octanol–water partition coefficient (Wildman–Crippen LogP) is 4.00. The van der Waals surface area contributed by atoms with Crippen LogP contribution in [0.3, 0.4) is 0 Å². The minimum absolute atomic E-state index is 0.233. The highest BCUT2D eigenvalue weighted by Gasteiger charge is 2.32. The second kappa shape index (κ2) is 9.19. The van der Waals surface area contributed by atoms with Gasteiger partial charge in [0.2, 0.25) is 0 Å². The monoisotopic (exact) mass is 488 g/mol. The van der Waals surface area contributed by atoms with E-state index in [0.717, 1.165) is 5.41 Å². The summed E-state index contributed by atoms with van der Waals surface area (Å²) >= 11 is 0. The Morgan fingerprint density at radius 1 is 1.03 bits per heavy atom. The van der Waals surface area contributed by atoms with Crippen molar-refractivity contribution in [3.8, 4) is 11.5 Å². The molecule has 8 nitrogen and oxygen atoms in total. The lowest BCUT2D eigenvalue weighted by Gasteiger charge is -2.27. The van der Waals surface area contributed by atoms with Gasteiger partial charge in [-0.05, 0) is 42.5 Å². The van der Waals surface area contributed by atoms with E-state index in [1.54, 1.807) is 72.8 Å². The number of hydrogen-bond acceptors (Lipinski definition) is 7. The van der Waals surface area contributed by atoms with Crippen molar-refractivity contribution in [2.45, 2.75) is 6.04 Å². The molecule has 2 aromatic heterocycles. The lowest BCUT2D eigenvalue weighted by atomic mass is 10.1. The van der Waals surface area contributed by atoms with Crippen LogP contribution in [0.1, 0.15) is 10.4 Å². The molecule has 0 radical (unpaired) electrons. The standard InChI is InChI=1S/C26H20N2O6S/c29-25(28(18-7-2-1-3-8-18)19-12-14-35(31,32)17-19)16-34-26(30)21-15-23(24-11-6-13-33-24)27-22-10-5-4-9-20(21)22/h1-15,19H,16-17H2. The third-order valence-electron chi connectivity index (χ3n) is 5.58. The molecular formula is C26H20N2O6S. The fourth-order valence-corrected chi connectivity index (χ4v) is 5.27. The summed E-state index contributed by atoms with van der Waals surface area (Å²) in [6, 6.07) is 20.1. The number of anilines is 1.